The third-order valence-electron chi connectivity index (χ3n) is 1.49. The number of nitro groups is 2. The molecule has 0 fully saturated rings. The molecule has 1 rings (SSSR count). The Morgan fingerprint density at radius 2 is 1.67 bits per heavy atom. The highest BCUT2D eigenvalue weighted by Crippen LogP contribution is 2.34. The van der Waals surface area contributed by atoms with Gasteiger partial charge in [0.25, 0.3) is 5.82 Å². The van der Waals surface area contributed by atoms with E-state index in [1.54, 1.807) is 0 Å². The van der Waals surface area contributed by atoms with Crippen LogP contribution in [0.15, 0.2) is 6.07 Å². The van der Waals surface area contributed by atoms with Crippen molar-refractivity contribution in [2.45, 2.75) is 0 Å². The first kappa shape index (κ1) is 11.2. The molecule has 0 saturated carbocycles. The molecule has 0 N–H and O–H groups in total. The van der Waals surface area contributed by atoms with Crippen molar-refractivity contribution in [2.24, 2.45) is 0 Å². The average Bonchev–Trinajstić information content (AvgIpc) is 2.10. The highest BCUT2D eigenvalue weighted by Gasteiger charge is 2.32. The summed E-state index contributed by atoms with van der Waals surface area (Å²) in [6, 6.07) is 0.374. The Bertz CT molecular complexity index is 465. The topological polar surface area (TPSA) is 86.3 Å². The summed E-state index contributed by atoms with van der Waals surface area (Å²) in [7, 11) is 0. The zero-order valence-electron chi connectivity index (χ0n) is 6.74. The van der Waals surface area contributed by atoms with E-state index in [9.17, 15) is 29.0 Å². The van der Waals surface area contributed by atoms with E-state index in [-0.39, 0.29) is 0 Å². The molecule has 0 bridgehead atoms. The van der Waals surface area contributed by atoms with Crippen LogP contribution in [0.5, 0.6) is 0 Å². The van der Waals surface area contributed by atoms with Crippen molar-refractivity contribution in [3.63, 3.8) is 0 Å². The quantitative estimate of drug-likeness (QED) is 0.450. The summed E-state index contributed by atoms with van der Waals surface area (Å²) in [5.74, 6) is -3.49. The number of nitro benzene ring substituents is 2. The molecule has 9 heteroatoms. The van der Waals surface area contributed by atoms with E-state index in [1.165, 1.54) is 0 Å². The minimum absolute atomic E-state index is 0.374. The fourth-order valence-corrected chi connectivity index (χ4v) is 1.06. The van der Waals surface area contributed by atoms with Crippen molar-refractivity contribution in [1.29, 1.82) is 0 Å². The Morgan fingerprint density at radius 1 is 1.13 bits per heavy atom. The number of nitrogens with zero attached hydrogens (tertiary/aromatic N) is 2. The Hall–Kier alpha value is -1.83. The van der Waals surface area contributed by atoms with Gasteiger partial charge in [-0.25, -0.2) is 0 Å². The number of halogens is 3. The Morgan fingerprint density at radius 3 is 2.07 bits per heavy atom. The van der Waals surface area contributed by atoms with Crippen molar-refractivity contribution in [2.75, 3.05) is 0 Å². The Kier molecular flexibility index (Phi) is 2.80. The lowest BCUT2D eigenvalue weighted by Gasteiger charge is -1.99. The second kappa shape index (κ2) is 3.73. The van der Waals surface area contributed by atoms with Crippen molar-refractivity contribution in [3.8, 4) is 0 Å². The van der Waals surface area contributed by atoms with E-state index >= 15 is 0 Å². The van der Waals surface area contributed by atoms with Gasteiger partial charge in [-0.3, -0.25) is 20.2 Å². The van der Waals surface area contributed by atoms with Gasteiger partial charge in [0.1, 0.15) is 0 Å². The van der Waals surface area contributed by atoms with E-state index in [4.69, 9.17) is 11.6 Å². The highest BCUT2D eigenvalue weighted by atomic mass is 35.5. The van der Waals surface area contributed by atoms with E-state index < -0.39 is 37.9 Å². The molecular formula is C6HClF2N2O4. The lowest BCUT2D eigenvalue weighted by molar-refractivity contribution is -0.400. The largest absolute Gasteiger partial charge is 0.348 e. The second-order valence-electron chi connectivity index (χ2n) is 2.37. The molecule has 0 atom stereocenters. The molecule has 1 aromatic carbocycles. The van der Waals surface area contributed by atoms with Gasteiger partial charge < -0.3 is 0 Å². The molecule has 0 aliphatic heterocycles. The first-order valence-electron chi connectivity index (χ1n) is 3.32. The molecule has 0 amide bonds. The van der Waals surface area contributed by atoms with E-state index in [1.807, 2.05) is 0 Å². The number of hydrogen-bond acceptors (Lipinski definition) is 4. The van der Waals surface area contributed by atoms with Crippen molar-refractivity contribution < 1.29 is 18.6 Å². The van der Waals surface area contributed by atoms with Crippen LogP contribution in [0.1, 0.15) is 0 Å². The van der Waals surface area contributed by atoms with Crippen LogP contribution in [0, 0.1) is 31.9 Å². The molecule has 6 nitrogen and oxygen atoms in total. The lowest BCUT2D eigenvalue weighted by atomic mass is 10.2. The monoisotopic (exact) mass is 238 g/mol. The summed E-state index contributed by atoms with van der Waals surface area (Å²) in [5.41, 5.74) is -2.87. The van der Waals surface area contributed by atoms with Crippen LogP contribution >= 0.6 is 11.6 Å². The first-order chi connectivity index (χ1) is 6.86. The van der Waals surface area contributed by atoms with E-state index in [0.29, 0.717) is 6.07 Å². The lowest BCUT2D eigenvalue weighted by Crippen LogP contribution is -2.02. The molecule has 0 aliphatic rings. The number of benzene rings is 1. The number of rotatable bonds is 2. The molecule has 0 aliphatic carbocycles. The van der Waals surface area contributed by atoms with Crippen LogP contribution in [0.2, 0.25) is 5.02 Å². The number of hydrogen-bond donors (Lipinski definition) is 0. The first-order valence-corrected chi connectivity index (χ1v) is 3.70. The molecule has 15 heavy (non-hydrogen) atoms. The maximum atomic E-state index is 13.0. The molecule has 0 aromatic heterocycles. The predicted octanol–water partition coefficient (Wildman–Crippen LogP) is 2.43. The van der Waals surface area contributed by atoms with Crippen LogP contribution in [-0.2, 0) is 0 Å². The molecule has 0 radical (unpaired) electrons. The van der Waals surface area contributed by atoms with Crippen LogP contribution in [0.4, 0.5) is 20.2 Å². The van der Waals surface area contributed by atoms with Gasteiger partial charge >= 0.3 is 11.4 Å². The molecule has 0 heterocycles. The van der Waals surface area contributed by atoms with Crippen molar-refractivity contribution in [1.82, 2.24) is 0 Å². The summed E-state index contributed by atoms with van der Waals surface area (Å²) in [5, 5.41) is 19.6. The third-order valence-corrected chi connectivity index (χ3v) is 1.77. The summed E-state index contributed by atoms with van der Waals surface area (Å²) in [4.78, 5) is 17.8. The summed E-state index contributed by atoms with van der Waals surface area (Å²) < 4.78 is 26.0. The maximum absolute atomic E-state index is 13.0. The Balaban J connectivity index is 3.63. The van der Waals surface area contributed by atoms with Gasteiger partial charge in [0.2, 0.25) is 5.82 Å². The molecule has 0 spiro atoms. The van der Waals surface area contributed by atoms with E-state index in [0.717, 1.165) is 0 Å². The summed E-state index contributed by atoms with van der Waals surface area (Å²) in [6.07, 6.45) is 0. The SMILES string of the molecule is O=[N+]([O-])c1cc(Cl)c(F)c([N+](=O)[O-])c1F. The molecule has 80 valence electrons. The summed E-state index contributed by atoms with van der Waals surface area (Å²) in [6.45, 7) is 0. The zero-order valence-corrected chi connectivity index (χ0v) is 7.49. The fraction of sp³-hybridized carbons (Fsp3) is 0. The zero-order chi connectivity index (χ0) is 11.7. The van der Waals surface area contributed by atoms with Crippen LogP contribution in [0.25, 0.3) is 0 Å². The fourth-order valence-electron chi connectivity index (χ4n) is 0.871. The average molecular weight is 239 g/mol. The van der Waals surface area contributed by atoms with Gasteiger partial charge in [-0.2, -0.15) is 8.78 Å². The highest BCUT2D eigenvalue weighted by molar-refractivity contribution is 6.31. The van der Waals surface area contributed by atoms with Crippen molar-refractivity contribution >= 4 is 23.0 Å². The molecule has 1 aromatic rings. The minimum atomic E-state index is -1.85. The van der Waals surface area contributed by atoms with Gasteiger partial charge in [0.15, 0.2) is 0 Å². The minimum Gasteiger partial charge on any atom is -0.258 e. The predicted molar refractivity (Wildman–Crippen MR) is 44.7 cm³/mol. The summed E-state index contributed by atoms with van der Waals surface area (Å²) >= 11 is 5.13. The van der Waals surface area contributed by atoms with Gasteiger partial charge in [-0.05, 0) is 0 Å². The molecule has 0 unspecified atom stereocenters. The Labute approximate surface area is 85.4 Å². The van der Waals surface area contributed by atoms with Crippen molar-refractivity contribution in [3.05, 3.63) is 43.0 Å². The van der Waals surface area contributed by atoms with Crippen LogP contribution < -0.4 is 0 Å². The van der Waals surface area contributed by atoms with Gasteiger partial charge in [0, 0.05) is 6.07 Å². The normalized spacial score (nSPS) is 10.1. The van der Waals surface area contributed by atoms with Gasteiger partial charge in [-0.1, -0.05) is 11.6 Å². The van der Waals surface area contributed by atoms with Crippen LogP contribution in [-0.4, -0.2) is 9.85 Å². The van der Waals surface area contributed by atoms with Crippen LogP contribution in [0.3, 0.4) is 0 Å². The molecule has 0 saturated heterocycles. The standard InChI is InChI=1S/C6HClF2N2O4/c7-2-1-3(10(12)13)5(9)6(4(2)8)11(14)15/h1H. The van der Waals surface area contributed by atoms with Gasteiger partial charge in [0.05, 0.1) is 14.9 Å². The van der Waals surface area contributed by atoms with E-state index in [2.05, 4.69) is 0 Å². The molecular weight excluding hydrogens is 238 g/mol. The smallest absolute Gasteiger partial charge is 0.258 e. The van der Waals surface area contributed by atoms with Gasteiger partial charge in [-0.15, -0.1) is 0 Å². The maximum Gasteiger partial charge on any atom is 0.348 e. The third kappa shape index (κ3) is 1.84. The second-order valence-corrected chi connectivity index (χ2v) is 2.78.